The number of ether oxygens (including phenoxy) is 1. The predicted octanol–water partition coefficient (Wildman–Crippen LogP) is 5.35. The Morgan fingerprint density at radius 3 is 1.95 bits per heavy atom. The van der Waals surface area contributed by atoms with Crippen LogP contribution in [0.4, 0.5) is 0 Å². The molecule has 0 spiro atoms. The number of hydrogen-bond donors (Lipinski definition) is 0. The topological polar surface area (TPSA) is 26.3 Å². The van der Waals surface area contributed by atoms with Crippen molar-refractivity contribution < 1.29 is 9.53 Å². The molecule has 0 aromatic rings. The molecule has 0 saturated carbocycles. The second-order valence-electron chi connectivity index (χ2n) is 6.03. The monoisotopic (exact) mass is 270 g/mol. The fourth-order valence-corrected chi connectivity index (χ4v) is 2.65. The number of carbonyl (C=O) groups excluding carboxylic acids is 1. The molecule has 0 saturated heterocycles. The van der Waals surface area contributed by atoms with E-state index in [2.05, 4.69) is 27.7 Å². The van der Waals surface area contributed by atoms with Crippen molar-refractivity contribution in [2.75, 3.05) is 7.11 Å². The number of esters is 1. The van der Waals surface area contributed by atoms with Crippen LogP contribution >= 0.6 is 0 Å². The maximum atomic E-state index is 12.3. The SMILES string of the molecule is CCCCC(CCCC)(CC[C@@H](C)CC)C(=O)OC. The van der Waals surface area contributed by atoms with E-state index < -0.39 is 0 Å². The van der Waals surface area contributed by atoms with Gasteiger partial charge in [-0.1, -0.05) is 59.8 Å². The quantitative estimate of drug-likeness (QED) is 0.473. The fraction of sp³-hybridized carbons (Fsp3) is 0.941. The molecule has 0 rings (SSSR count). The molecule has 0 amide bonds. The molecule has 1 atom stereocenters. The van der Waals surface area contributed by atoms with E-state index >= 15 is 0 Å². The summed E-state index contributed by atoms with van der Waals surface area (Å²) in [6.07, 6.45) is 9.85. The summed E-state index contributed by atoms with van der Waals surface area (Å²) in [5.74, 6) is 0.727. The van der Waals surface area contributed by atoms with Crippen molar-refractivity contribution in [1.29, 1.82) is 0 Å². The molecule has 0 heterocycles. The van der Waals surface area contributed by atoms with Crippen LogP contribution in [-0.2, 0) is 9.53 Å². The van der Waals surface area contributed by atoms with Gasteiger partial charge in [0, 0.05) is 0 Å². The fourth-order valence-electron chi connectivity index (χ4n) is 2.65. The van der Waals surface area contributed by atoms with E-state index in [0.717, 1.165) is 51.4 Å². The van der Waals surface area contributed by atoms with Gasteiger partial charge in [0.05, 0.1) is 12.5 Å². The Bertz CT molecular complexity index is 227. The average Bonchev–Trinajstić information content (AvgIpc) is 2.45. The summed E-state index contributed by atoms with van der Waals surface area (Å²) in [5, 5.41) is 0. The molecule has 0 radical (unpaired) electrons. The zero-order valence-electron chi connectivity index (χ0n) is 13.8. The molecule has 114 valence electrons. The minimum atomic E-state index is -0.218. The molecule has 0 bridgehead atoms. The van der Waals surface area contributed by atoms with Crippen LogP contribution in [-0.4, -0.2) is 13.1 Å². The van der Waals surface area contributed by atoms with Crippen molar-refractivity contribution in [2.45, 2.75) is 85.5 Å². The Hall–Kier alpha value is -0.530. The molecule has 0 unspecified atom stereocenters. The molecular formula is C17H34O2. The van der Waals surface area contributed by atoms with Crippen molar-refractivity contribution in [2.24, 2.45) is 11.3 Å². The molecule has 0 fully saturated rings. The van der Waals surface area contributed by atoms with E-state index in [1.807, 2.05) is 0 Å². The minimum Gasteiger partial charge on any atom is -0.469 e. The summed E-state index contributed by atoms with van der Waals surface area (Å²) in [4.78, 5) is 12.3. The third-order valence-electron chi connectivity index (χ3n) is 4.45. The van der Waals surface area contributed by atoms with Gasteiger partial charge >= 0.3 is 5.97 Å². The van der Waals surface area contributed by atoms with Crippen LogP contribution in [0.5, 0.6) is 0 Å². The minimum absolute atomic E-state index is 0.0257. The van der Waals surface area contributed by atoms with Crippen LogP contribution in [0.15, 0.2) is 0 Å². The lowest BCUT2D eigenvalue weighted by molar-refractivity contribution is -0.154. The molecule has 2 nitrogen and oxygen atoms in total. The number of carbonyl (C=O) groups is 1. The van der Waals surface area contributed by atoms with Gasteiger partial charge in [0.2, 0.25) is 0 Å². The van der Waals surface area contributed by atoms with Gasteiger partial charge in [-0.25, -0.2) is 0 Å². The van der Waals surface area contributed by atoms with E-state index in [1.54, 1.807) is 0 Å². The van der Waals surface area contributed by atoms with Gasteiger partial charge in [0.1, 0.15) is 0 Å². The van der Waals surface area contributed by atoms with Crippen molar-refractivity contribution in [1.82, 2.24) is 0 Å². The van der Waals surface area contributed by atoms with Crippen LogP contribution < -0.4 is 0 Å². The molecule has 0 aliphatic rings. The Morgan fingerprint density at radius 2 is 1.58 bits per heavy atom. The Labute approximate surface area is 120 Å². The predicted molar refractivity (Wildman–Crippen MR) is 82.2 cm³/mol. The number of hydrogen-bond acceptors (Lipinski definition) is 2. The molecule has 0 aliphatic carbocycles. The smallest absolute Gasteiger partial charge is 0.311 e. The van der Waals surface area contributed by atoms with Crippen LogP contribution in [0.2, 0.25) is 0 Å². The van der Waals surface area contributed by atoms with Crippen LogP contribution in [0.1, 0.15) is 85.5 Å². The van der Waals surface area contributed by atoms with Crippen molar-refractivity contribution >= 4 is 5.97 Å². The number of unbranched alkanes of at least 4 members (excludes halogenated alkanes) is 2. The summed E-state index contributed by atoms with van der Waals surface area (Å²) in [7, 11) is 1.54. The molecule has 0 aromatic carbocycles. The Balaban J connectivity index is 4.82. The normalized spacial score (nSPS) is 13.3. The van der Waals surface area contributed by atoms with E-state index in [0.29, 0.717) is 5.92 Å². The van der Waals surface area contributed by atoms with Crippen LogP contribution in [0, 0.1) is 11.3 Å². The van der Waals surface area contributed by atoms with Crippen LogP contribution in [0.25, 0.3) is 0 Å². The standard InChI is InChI=1S/C17H34O2/c1-6-9-12-17(13-10-7-2,16(18)19-5)14-11-15(4)8-3/h15H,6-14H2,1-5H3/t15-/m0/s1. The first kappa shape index (κ1) is 18.5. The first-order chi connectivity index (χ1) is 9.06. The van der Waals surface area contributed by atoms with E-state index in [-0.39, 0.29) is 11.4 Å². The van der Waals surface area contributed by atoms with E-state index in [1.165, 1.54) is 13.5 Å². The lowest BCUT2D eigenvalue weighted by Gasteiger charge is -2.32. The number of rotatable bonds is 11. The third-order valence-corrected chi connectivity index (χ3v) is 4.45. The van der Waals surface area contributed by atoms with Gasteiger partial charge in [-0.15, -0.1) is 0 Å². The molecule has 0 aliphatic heterocycles. The van der Waals surface area contributed by atoms with Crippen molar-refractivity contribution in [3.8, 4) is 0 Å². The molecule has 19 heavy (non-hydrogen) atoms. The lowest BCUT2D eigenvalue weighted by atomic mass is 9.73. The summed E-state index contributed by atoms with van der Waals surface area (Å²) in [6.45, 7) is 8.89. The second kappa shape index (κ2) is 10.3. The highest BCUT2D eigenvalue weighted by molar-refractivity contribution is 5.76. The zero-order chi connectivity index (χ0) is 14.7. The molecule has 0 N–H and O–H groups in total. The third kappa shape index (κ3) is 6.44. The maximum Gasteiger partial charge on any atom is 0.311 e. The second-order valence-corrected chi connectivity index (χ2v) is 6.03. The first-order valence-corrected chi connectivity index (χ1v) is 8.14. The molecular weight excluding hydrogens is 236 g/mol. The summed E-state index contributed by atoms with van der Waals surface area (Å²) < 4.78 is 5.14. The first-order valence-electron chi connectivity index (χ1n) is 8.14. The highest BCUT2D eigenvalue weighted by Crippen LogP contribution is 2.38. The van der Waals surface area contributed by atoms with Gasteiger partial charge in [0.15, 0.2) is 0 Å². The van der Waals surface area contributed by atoms with Gasteiger partial charge in [-0.05, 0) is 31.6 Å². The zero-order valence-corrected chi connectivity index (χ0v) is 13.8. The van der Waals surface area contributed by atoms with Crippen molar-refractivity contribution in [3.63, 3.8) is 0 Å². The van der Waals surface area contributed by atoms with Gasteiger partial charge in [0.25, 0.3) is 0 Å². The van der Waals surface area contributed by atoms with E-state index in [4.69, 9.17) is 4.74 Å². The van der Waals surface area contributed by atoms with Gasteiger partial charge in [-0.2, -0.15) is 0 Å². The summed E-state index contributed by atoms with van der Waals surface area (Å²) >= 11 is 0. The molecule has 0 aromatic heterocycles. The summed E-state index contributed by atoms with van der Waals surface area (Å²) in [5.41, 5.74) is -0.218. The van der Waals surface area contributed by atoms with E-state index in [9.17, 15) is 4.79 Å². The molecule has 2 heteroatoms. The van der Waals surface area contributed by atoms with Crippen LogP contribution in [0.3, 0.4) is 0 Å². The number of methoxy groups -OCH3 is 1. The highest BCUT2D eigenvalue weighted by Gasteiger charge is 2.37. The maximum absolute atomic E-state index is 12.3. The van der Waals surface area contributed by atoms with Gasteiger partial charge < -0.3 is 4.74 Å². The Morgan fingerprint density at radius 1 is 1.05 bits per heavy atom. The lowest BCUT2D eigenvalue weighted by Crippen LogP contribution is -2.33. The van der Waals surface area contributed by atoms with Crippen molar-refractivity contribution in [3.05, 3.63) is 0 Å². The average molecular weight is 270 g/mol. The Kier molecular flexibility index (Phi) is 9.99. The highest BCUT2D eigenvalue weighted by atomic mass is 16.5. The van der Waals surface area contributed by atoms with Gasteiger partial charge in [-0.3, -0.25) is 4.79 Å². The summed E-state index contributed by atoms with van der Waals surface area (Å²) in [6, 6.07) is 0. The largest absolute Gasteiger partial charge is 0.469 e.